The van der Waals surface area contributed by atoms with Crippen molar-refractivity contribution in [3.05, 3.63) is 53.7 Å². The molecule has 11 heteroatoms. The van der Waals surface area contributed by atoms with Crippen molar-refractivity contribution >= 4 is 16.7 Å². The van der Waals surface area contributed by atoms with Gasteiger partial charge < -0.3 is 14.4 Å². The van der Waals surface area contributed by atoms with Gasteiger partial charge in [0.25, 0.3) is 0 Å². The summed E-state index contributed by atoms with van der Waals surface area (Å²) < 4.78 is 44.0. The average Bonchev–Trinajstić information content (AvgIpc) is 3.59. The van der Waals surface area contributed by atoms with Crippen LogP contribution in [-0.4, -0.2) is 68.1 Å². The van der Waals surface area contributed by atoms with E-state index in [1.54, 1.807) is 6.33 Å². The van der Waals surface area contributed by atoms with Gasteiger partial charge in [0.2, 0.25) is 0 Å². The molecule has 38 heavy (non-hydrogen) atoms. The van der Waals surface area contributed by atoms with Crippen LogP contribution < -0.4 is 4.90 Å². The average molecular weight is 525 g/mol. The van der Waals surface area contributed by atoms with Gasteiger partial charge in [0.15, 0.2) is 5.82 Å². The van der Waals surface area contributed by atoms with Crippen LogP contribution in [0.25, 0.3) is 22.2 Å². The number of nitrogens with zero attached hydrogens (tertiary/aromatic N) is 7. The molecule has 200 valence electrons. The van der Waals surface area contributed by atoms with Crippen molar-refractivity contribution < 1.29 is 13.2 Å². The maximum Gasteiger partial charge on any atom is 0.433 e. The molecule has 1 saturated heterocycles. The monoisotopic (exact) mass is 524 g/mol. The molecule has 0 amide bonds. The molecule has 8 nitrogen and oxygen atoms in total. The van der Waals surface area contributed by atoms with Crippen molar-refractivity contribution in [3.8, 4) is 11.3 Å². The molecule has 4 heterocycles. The number of aromatic amines is 1. The van der Waals surface area contributed by atoms with E-state index in [1.165, 1.54) is 6.42 Å². The van der Waals surface area contributed by atoms with Crippen molar-refractivity contribution in [2.75, 3.05) is 32.1 Å². The molecule has 3 aromatic heterocycles. The molecule has 1 N–H and O–H groups in total. The molecule has 0 unspecified atom stereocenters. The van der Waals surface area contributed by atoms with E-state index in [9.17, 15) is 13.2 Å². The first-order valence-corrected chi connectivity index (χ1v) is 13.0. The first-order chi connectivity index (χ1) is 18.2. The Kier molecular flexibility index (Phi) is 6.13. The number of rotatable bonds is 6. The maximum atomic E-state index is 14.0. The molecular formula is C27H31F3N8. The first kappa shape index (κ1) is 24.8. The van der Waals surface area contributed by atoms with Crippen molar-refractivity contribution in [1.82, 2.24) is 34.8 Å². The third-order valence-electron chi connectivity index (χ3n) is 8.24. The van der Waals surface area contributed by atoms with Gasteiger partial charge in [0, 0.05) is 43.5 Å². The lowest BCUT2D eigenvalue weighted by atomic mass is 9.72. The van der Waals surface area contributed by atoms with E-state index in [1.807, 2.05) is 48.8 Å². The molecule has 2 atom stereocenters. The van der Waals surface area contributed by atoms with Crippen LogP contribution in [-0.2, 0) is 13.2 Å². The van der Waals surface area contributed by atoms with E-state index in [0.29, 0.717) is 22.5 Å². The summed E-state index contributed by atoms with van der Waals surface area (Å²) in [6, 6.07) is 9.14. The van der Waals surface area contributed by atoms with Gasteiger partial charge >= 0.3 is 6.18 Å². The minimum atomic E-state index is -4.58. The van der Waals surface area contributed by atoms with Crippen LogP contribution in [0.1, 0.15) is 48.7 Å². The van der Waals surface area contributed by atoms with E-state index in [2.05, 4.69) is 36.3 Å². The van der Waals surface area contributed by atoms with Gasteiger partial charge in [-0.2, -0.15) is 18.3 Å². The summed E-state index contributed by atoms with van der Waals surface area (Å²) >= 11 is 0. The number of likely N-dealkylation sites (tertiary alicyclic amines) is 1. The minimum absolute atomic E-state index is 0.0647. The van der Waals surface area contributed by atoms with Gasteiger partial charge in [-0.05, 0) is 56.5 Å². The predicted molar refractivity (Wildman–Crippen MR) is 139 cm³/mol. The summed E-state index contributed by atoms with van der Waals surface area (Å²) in [5, 5.41) is 16.5. The Morgan fingerprint density at radius 2 is 1.95 bits per heavy atom. The second-order valence-electron chi connectivity index (χ2n) is 10.7. The van der Waals surface area contributed by atoms with Gasteiger partial charge in [-0.15, -0.1) is 10.2 Å². The molecule has 4 aromatic rings. The Bertz CT molecular complexity index is 1450. The quantitative estimate of drug-likeness (QED) is 0.389. The predicted octanol–water partition coefficient (Wildman–Crippen LogP) is 4.84. The zero-order chi connectivity index (χ0) is 26.6. The van der Waals surface area contributed by atoms with Gasteiger partial charge in [-0.1, -0.05) is 24.6 Å². The number of H-pyrrole nitrogens is 1. The smallest absolute Gasteiger partial charge is 0.354 e. The molecule has 1 aromatic carbocycles. The highest BCUT2D eigenvalue weighted by Gasteiger charge is 2.36. The third kappa shape index (κ3) is 4.32. The Morgan fingerprint density at radius 3 is 2.58 bits per heavy atom. The zero-order valence-corrected chi connectivity index (χ0v) is 21.7. The Labute approximate surface area is 218 Å². The fraction of sp³-hybridized carbons (Fsp3) is 0.481. The largest absolute Gasteiger partial charge is 0.433 e. The topological polar surface area (TPSA) is 78.8 Å². The van der Waals surface area contributed by atoms with Crippen molar-refractivity contribution in [3.63, 3.8) is 0 Å². The van der Waals surface area contributed by atoms with Crippen LogP contribution in [0.15, 0.2) is 36.7 Å². The summed E-state index contributed by atoms with van der Waals surface area (Å²) in [6.45, 7) is 1.66. The Morgan fingerprint density at radius 1 is 1.13 bits per heavy atom. The number of halogens is 3. The standard InChI is InChI=1S/C27H31F3N8/c1-36-11-10-19(14-36)38(3)26-24-20(13-21(32-26)27(28,29)30)23(33-34-24)18-9-5-8-17(12-18)22(16-6-4-7-16)25-35-31-15-37(25)2/h5,8-9,12-13,15-16,19,22H,4,6-7,10-11,14H2,1-3H3,(H,33,34)/t19-,22-/m1/s1. The highest BCUT2D eigenvalue weighted by atomic mass is 19.4. The molecule has 2 aliphatic rings. The van der Waals surface area contributed by atoms with E-state index in [-0.39, 0.29) is 17.8 Å². The van der Waals surface area contributed by atoms with Gasteiger partial charge in [0.1, 0.15) is 29.1 Å². The Balaban J connectivity index is 1.46. The van der Waals surface area contributed by atoms with Gasteiger partial charge in [-0.25, -0.2) is 4.98 Å². The summed E-state index contributed by atoms with van der Waals surface area (Å²) in [5.74, 6) is 1.69. The molecule has 1 aliphatic heterocycles. The van der Waals surface area contributed by atoms with E-state index in [0.717, 1.165) is 55.4 Å². The molecule has 1 saturated carbocycles. The number of anilines is 1. The number of fused-ring (bicyclic) bond motifs is 1. The summed E-state index contributed by atoms with van der Waals surface area (Å²) in [6.07, 6.45) is 1.40. The molecule has 0 spiro atoms. The third-order valence-corrected chi connectivity index (χ3v) is 8.24. The lowest BCUT2D eigenvalue weighted by molar-refractivity contribution is -0.141. The van der Waals surface area contributed by atoms with Crippen LogP contribution in [0.3, 0.4) is 0 Å². The van der Waals surface area contributed by atoms with E-state index < -0.39 is 11.9 Å². The number of likely N-dealkylation sites (N-methyl/N-ethyl adjacent to an activating group) is 2. The Hall–Kier alpha value is -3.47. The zero-order valence-electron chi connectivity index (χ0n) is 21.7. The van der Waals surface area contributed by atoms with E-state index >= 15 is 0 Å². The lowest BCUT2D eigenvalue weighted by Gasteiger charge is -2.33. The van der Waals surface area contributed by atoms with Crippen molar-refractivity contribution in [1.29, 1.82) is 0 Å². The molecule has 0 radical (unpaired) electrons. The summed E-state index contributed by atoms with van der Waals surface area (Å²) in [7, 11) is 5.77. The number of aryl methyl sites for hydroxylation is 1. The fourth-order valence-electron chi connectivity index (χ4n) is 5.88. The SMILES string of the molecule is CN1CC[C@@H](N(C)c2nc(C(F)(F)F)cc3c(-c4cccc([C@H](c5nncn5C)C5CCC5)c4)n[nH]c23)C1. The number of pyridine rings is 1. The number of alkyl halides is 3. The van der Waals surface area contributed by atoms with Gasteiger partial charge in [-0.3, -0.25) is 5.10 Å². The summed E-state index contributed by atoms with van der Waals surface area (Å²) in [4.78, 5) is 8.11. The highest BCUT2D eigenvalue weighted by Crippen LogP contribution is 2.44. The summed E-state index contributed by atoms with van der Waals surface area (Å²) in [5.41, 5.74) is 1.91. The van der Waals surface area contributed by atoms with Crippen LogP contribution in [0, 0.1) is 5.92 Å². The number of benzene rings is 1. The second kappa shape index (κ2) is 9.37. The van der Waals surface area contributed by atoms with Crippen molar-refractivity contribution in [2.45, 2.75) is 43.8 Å². The van der Waals surface area contributed by atoms with Crippen molar-refractivity contribution in [2.24, 2.45) is 13.0 Å². The van der Waals surface area contributed by atoms with Crippen LogP contribution in [0.4, 0.5) is 19.0 Å². The molecule has 6 rings (SSSR count). The highest BCUT2D eigenvalue weighted by molar-refractivity contribution is 5.99. The van der Waals surface area contributed by atoms with Crippen LogP contribution >= 0.6 is 0 Å². The van der Waals surface area contributed by atoms with Crippen LogP contribution in [0.2, 0.25) is 0 Å². The second-order valence-corrected chi connectivity index (χ2v) is 10.7. The number of aromatic nitrogens is 6. The number of hydrogen-bond acceptors (Lipinski definition) is 6. The minimum Gasteiger partial charge on any atom is -0.354 e. The maximum absolute atomic E-state index is 14.0. The molecule has 1 aliphatic carbocycles. The number of nitrogens with one attached hydrogen (secondary N) is 1. The fourth-order valence-corrected chi connectivity index (χ4v) is 5.88. The molecule has 2 fully saturated rings. The van der Waals surface area contributed by atoms with Gasteiger partial charge in [0.05, 0.1) is 0 Å². The normalized spacial score (nSPS) is 19.7. The molecule has 0 bridgehead atoms. The van der Waals surface area contributed by atoms with E-state index in [4.69, 9.17) is 0 Å². The van der Waals surface area contributed by atoms with Crippen LogP contribution in [0.5, 0.6) is 0 Å². The number of hydrogen-bond donors (Lipinski definition) is 1. The first-order valence-electron chi connectivity index (χ1n) is 13.0. The lowest BCUT2D eigenvalue weighted by Crippen LogP contribution is -2.34. The molecular weight excluding hydrogens is 493 g/mol.